The fourth-order valence-electron chi connectivity index (χ4n) is 3.44. The van der Waals surface area contributed by atoms with E-state index in [0.29, 0.717) is 23.3 Å². The van der Waals surface area contributed by atoms with Crippen molar-refractivity contribution in [2.45, 2.75) is 19.2 Å². The highest BCUT2D eigenvalue weighted by molar-refractivity contribution is 5.77. The molecule has 7 heteroatoms. The number of aromatic amines is 1. The molecule has 0 aliphatic rings. The van der Waals surface area contributed by atoms with Gasteiger partial charge in [-0.1, -0.05) is 42.5 Å². The van der Waals surface area contributed by atoms with E-state index >= 15 is 0 Å². The molecule has 0 radical (unpaired) electrons. The Hall–Kier alpha value is -3.58. The maximum absolute atomic E-state index is 12.4. The van der Waals surface area contributed by atoms with Gasteiger partial charge in [-0.05, 0) is 36.4 Å². The molecular weight excluding hydrogens is 388 g/mol. The molecule has 0 spiro atoms. The van der Waals surface area contributed by atoms with Crippen LogP contribution in [0.1, 0.15) is 23.0 Å². The van der Waals surface area contributed by atoms with Crippen LogP contribution in [0.2, 0.25) is 0 Å². The van der Waals surface area contributed by atoms with E-state index < -0.39 is 6.61 Å². The number of H-pyrrole nitrogens is 1. The van der Waals surface area contributed by atoms with Gasteiger partial charge in [0, 0.05) is 11.1 Å². The second-order valence-corrected chi connectivity index (χ2v) is 6.81. The Morgan fingerprint density at radius 2 is 1.57 bits per heavy atom. The van der Waals surface area contributed by atoms with Crippen LogP contribution in [0.4, 0.5) is 8.78 Å². The van der Waals surface area contributed by atoms with Crippen LogP contribution < -0.4 is 15.6 Å². The number of quaternary nitrogens is 1. The molecule has 0 fully saturated rings. The summed E-state index contributed by atoms with van der Waals surface area (Å²) < 4.78 is 29.3. The van der Waals surface area contributed by atoms with Crippen LogP contribution in [0.25, 0.3) is 10.9 Å². The third-order valence-corrected chi connectivity index (χ3v) is 4.83. The molecular formula is C23H20F2N3O2+. The predicted octanol–water partition coefficient (Wildman–Crippen LogP) is 3.38. The lowest BCUT2D eigenvalue weighted by Gasteiger charge is -2.17. The van der Waals surface area contributed by atoms with Crippen molar-refractivity contribution in [3.8, 4) is 5.75 Å². The van der Waals surface area contributed by atoms with Crippen LogP contribution in [0, 0.1) is 0 Å². The minimum absolute atomic E-state index is 0.108. The fraction of sp³-hybridized carbons (Fsp3) is 0.130. The smallest absolute Gasteiger partial charge is 0.387 e. The minimum atomic E-state index is -2.86. The first-order valence-corrected chi connectivity index (χ1v) is 9.51. The predicted molar refractivity (Wildman–Crippen MR) is 109 cm³/mol. The molecule has 152 valence electrons. The van der Waals surface area contributed by atoms with Crippen LogP contribution in [0.3, 0.4) is 0 Å². The van der Waals surface area contributed by atoms with Gasteiger partial charge in [0.2, 0.25) is 0 Å². The standard InChI is InChI=1S/C23H19F2N3O2/c24-23(25)30-17-12-10-16(11-13-17)21(15-6-2-1-3-7-15)26-14-20-27-19-9-5-4-8-18(19)22(29)28-20/h1-13,21,23,26H,14H2,(H,27,28,29)/p+1/t21-/m1/s1. The van der Waals surface area contributed by atoms with Crippen LogP contribution in [0.15, 0.2) is 83.7 Å². The number of hydrogen-bond acceptors (Lipinski definition) is 3. The van der Waals surface area contributed by atoms with E-state index in [1.165, 1.54) is 12.1 Å². The van der Waals surface area contributed by atoms with E-state index in [2.05, 4.69) is 14.7 Å². The Bertz CT molecular complexity index is 1180. The zero-order valence-electron chi connectivity index (χ0n) is 16.0. The topological polar surface area (TPSA) is 71.6 Å². The lowest BCUT2D eigenvalue weighted by molar-refractivity contribution is -0.703. The highest BCUT2D eigenvalue weighted by Crippen LogP contribution is 2.22. The average molecular weight is 408 g/mol. The van der Waals surface area contributed by atoms with Gasteiger partial charge < -0.3 is 15.0 Å². The van der Waals surface area contributed by atoms with Crippen LogP contribution in [0.5, 0.6) is 5.75 Å². The summed E-state index contributed by atoms with van der Waals surface area (Å²) in [5.74, 6) is 0.679. The largest absolute Gasteiger partial charge is 0.435 e. The quantitative estimate of drug-likeness (QED) is 0.493. The molecule has 1 heterocycles. The summed E-state index contributed by atoms with van der Waals surface area (Å²) in [5, 5.41) is 2.60. The molecule has 0 aliphatic carbocycles. The van der Waals surface area contributed by atoms with Gasteiger partial charge >= 0.3 is 6.61 Å². The summed E-state index contributed by atoms with van der Waals surface area (Å²) in [5.41, 5.74) is 2.44. The Labute approximate surface area is 171 Å². The van der Waals surface area contributed by atoms with Crippen molar-refractivity contribution in [1.82, 2.24) is 9.97 Å². The third-order valence-electron chi connectivity index (χ3n) is 4.83. The molecule has 30 heavy (non-hydrogen) atoms. The number of nitrogens with two attached hydrogens (primary N) is 1. The molecule has 1 aromatic heterocycles. The van der Waals surface area contributed by atoms with E-state index in [1.54, 1.807) is 24.3 Å². The summed E-state index contributed by atoms with van der Waals surface area (Å²) in [6, 6.07) is 23.5. The molecule has 0 amide bonds. The van der Waals surface area contributed by atoms with Gasteiger partial charge in [0.25, 0.3) is 5.56 Å². The van der Waals surface area contributed by atoms with Crippen LogP contribution in [-0.2, 0) is 6.54 Å². The van der Waals surface area contributed by atoms with Gasteiger partial charge in [-0.2, -0.15) is 8.78 Å². The van der Waals surface area contributed by atoms with Gasteiger partial charge in [-0.15, -0.1) is 0 Å². The van der Waals surface area contributed by atoms with Gasteiger partial charge in [0.15, 0.2) is 5.82 Å². The number of halogens is 2. The maximum atomic E-state index is 12.4. The Morgan fingerprint density at radius 1 is 0.900 bits per heavy atom. The Morgan fingerprint density at radius 3 is 2.30 bits per heavy atom. The summed E-state index contributed by atoms with van der Waals surface area (Å²) >= 11 is 0. The third kappa shape index (κ3) is 4.52. The molecule has 0 bridgehead atoms. The first-order chi connectivity index (χ1) is 14.6. The molecule has 0 saturated carbocycles. The number of benzene rings is 3. The van der Waals surface area contributed by atoms with Crippen LogP contribution >= 0.6 is 0 Å². The zero-order valence-corrected chi connectivity index (χ0v) is 16.0. The van der Waals surface area contributed by atoms with Crippen molar-refractivity contribution in [1.29, 1.82) is 0 Å². The molecule has 5 nitrogen and oxygen atoms in total. The van der Waals surface area contributed by atoms with Crippen molar-refractivity contribution in [2.75, 3.05) is 0 Å². The summed E-state index contributed by atoms with van der Waals surface area (Å²) in [6.45, 7) is -2.42. The number of aromatic nitrogens is 2. The Balaban J connectivity index is 1.60. The molecule has 3 N–H and O–H groups in total. The number of nitrogens with one attached hydrogen (secondary N) is 1. The number of ether oxygens (including phenoxy) is 1. The molecule has 0 saturated heterocycles. The number of fused-ring (bicyclic) bond motifs is 1. The van der Waals surface area contributed by atoms with E-state index in [-0.39, 0.29) is 17.4 Å². The maximum Gasteiger partial charge on any atom is 0.387 e. The number of para-hydroxylation sites is 1. The average Bonchev–Trinajstić information content (AvgIpc) is 2.75. The normalized spacial score (nSPS) is 12.2. The minimum Gasteiger partial charge on any atom is -0.435 e. The van der Waals surface area contributed by atoms with Gasteiger partial charge in [0.05, 0.1) is 10.9 Å². The second kappa shape index (κ2) is 8.84. The lowest BCUT2D eigenvalue weighted by Crippen LogP contribution is -2.84. The highest BCUT2D eigenvalue weighted by Gasteiger charge is 2.19. The fourth-order valence-corrected chi connectivity index (χ4v) is 3.44. The van der Waals surface area contributed by atoms with Crippen molar-refractivity contribution >= 4 is 10.9 Å². The van der Waals surface area contributed by atoms with Crippen molar-refractivity contribution in [3.05, 3.63) is 106 Å². The first kappa shape index (κ1) is 19.7. The summed E-state index contributed by atoms with van der Waals surface area (Å²) in [4.78, 5) is 19.7. The molecule has 0 aliphatic heterocycles. The van der Waals surface area contributed by atoms with Crippen LogP contribution in [-0.4, -0.2) is 16.6 Å². The molecule has 4 aromatic rings. The molecule has 1 atom stereocenters. The number of hydrogen-bond donors (Lipinski definition) is 2. The zero-order chi connectivity index (χ0) is 20.9. The van der Waals surface area contributed by atoms with E-state index in [1.807, 2.05) is 47.8 Å². The number of rotatable bonds is 7. The molecule has 0 unspecified atom stereocenters. The molecule has 3 aromatic carbocycles. The highest BCUT2D eigenvalue weighted by atomic mass is 19.3. The van der Waals surface area contributed by atoms with Gasteiger partial charge in [-0.25, -0.2) is 4.98 Å². The summed E-state index contributed by atoms with van der Waals surface area (Å²) in [7, 11) is 0. The van der Waals surface area contributed by atoms with E-state index in [4.69, 9.17) is 0 Å². The first-order valence-electron chi connectivity index (χ1n) is 9.51. The van der Waals surface area contributed by atoms with Gasteiger partial charge in [0.1, 0.15) is 18.3 Å². The van der Waals surface area contributed by atoms with Crippen molar-refractivity contribution in [2.24, 2.45) is 0 Å². The van der Waals surface area contributed by atoms with Crippen molar-refractivity contribution < 1.29 is 18.8 Å². The number of nitrogens with zero attached hydrogens (tertiary/aromatic N) is 1. The Kier molecular flexibility index (Phi) is 5.81. The molecule has 4 rings (SSSR count). The van der Waals surface area contributed by atoms with Gasteiger partial charge in [-0.3, -0.25) is 4.79 Å². The summed E-state index contributed by atoms with van der Waals surface area (Å²) in [6.07, 6.45) is 0. The van der Waals surface area contributed by atoms with E-state index in [9.17, 15) is 13.6 Å². The second-order valence-electron chi connectivity index (χ2n) is 6.81. The van der Waals surface area contributed by atoms with E-state index in [0.717, 1.165) is 11.1 Å². The monoisotopic (exact) mass is 408 g/mol. The van der Waals surface area contributed by atoms with Crippen molar-refractivity contribution in [3.63, 3.8) is 0 Å². The lowest BCUT2D eigenvalue weighted by atomic mass is 9.98. The SMILES string of the molecule is O=c1[nH]c(C[NH2+][C@H](c2ccccc2)c2ccc(OC(F)F)cc2)nc2ccccc12. The number of alkyl halides is 2.